The zero-order chi connectivity index (χ0) is 42.4. The summed E-state index contributed by atoms with van der Waals surface area (Å²) in [6, 6.07) is 0. The Morgan fingerprint density at radius 2 is 0.569 bits per heavy atom. The molecule has 0 saturated carbocycles. The van der Waals surface area contributed by atoms with E-state index in [2.05, 4.69) is 27.7 Å². The fourth-order valence-corrected chi connectivity index (χ4v) is 7.86. The lowest BCUT2D eigenvalue weighted by molar-refractivity contribution is -0.167. The highest BCUT2D eigenvalue weighted by Crippen LogP contribution is 2.17. The largest absolute Gasteiger partial charge is 0.462 e. The lowest BCUT2D eigenvalue weighted by Crippen LogP contribution is -2.30. The maximum absolute atomic E-state index is 12.8. The molecule has 0 saturated heterocycles. The van der Waals surface area contributed by atoms with Gasteiger partial charge in [-0.1, -0.05) is 252 Å². The predicted molar refractivity (Wildman–Crippen MR) is 247 cm³/mol. The molecule has 0 aliphatic carbocycles. The molecular formula is C52H100O6. The number of carbonyl (C=O) groups is 3. The Kier molecular flexibility index (Phi) is 45.2. The highest BCUT2D eigenvalue weighted by molar-refractivity contribution is 5.71. The van der Waals surface area contributed by atoms with Gasteiger partial charge in [-0.25, -0.2) is 0 Å². The molecule has 6 nitrogen and oxygen atoms in total. The van der Waals surface area contributed by atoms with Crippen LogP contribution in [-0.4, -0.2) is 37.2 Å². The van der Waals surface area contributed by atoms with Crippen molar-refractivity contribution in [3.8, 4) is 0 Å². The van der Waals surface area contributed by atoms with Crippen molar-refractivity contribution in [2.45, 2.75) is 297 Å². The number of hydrogen-bond acceptors (Lipinski definition) is 6. The number of ether oxygens (including phenoxy) is 3. The maximum atomic E-state index is 12.8. The normalized spacial score (nSPS) is 11.9. The minimum absolute atomic E-state index is 0.0627. The Bertz CT molecular complexity index is 872. The zero-order valence-electron chi connectivity index (χ0n) is 39.5. The number of esters is 3. The van der Waals surface area contributed by atoms with Gasteiger partial charge in [-0.3, -0.25) is 14.4 Å². The summed E-state index contributed by atoms with van der Waals surface area (Å²) in [5.41, 5.74) is 0. The van der Waals surface area contributed by atoms with Crippen LogP contribution in [-0.2, 0) is 28.6 Å². The molecular weight excluding hydrogens is 721 g/mol. The van der Waals surface area contributed by atoms with Gasteiger partial charge < -0.3 is 14.2 Å². The molecule has 344 valence electrons. The van der Waals surface area contributed by atoms with Crippen molar-refractivity contribution in [1.82, 2.24) is 0 Å². The minimum Gasteiger partial charge on any atom is -0.462 e. The van der Waals surface area contributed by atoms with Crippen LogP contribution < -0.4 is 0 Å². The van der Waals surface area contributed by atoms with Gasteiger partial charge in [-0.2, -0.15) is 0 Å². The van der Waals surface area contributed by atoms with E-state index in [1.54, 1.807) is 0 Å². The van der Waals surface area contributed by atoms with Gasteiger partial charge in [-0.15, -0.1) is 0 Å². The second kappa shape index (κ2) is 46.5. The van der Waals surface area contributed by atoms with E-state index < -0.39 is 6.10 Å². The van der Waals surface area contributed by atoms with E-state index in [1.807, 2.05) is 0 Å². The van der Waals surface area contributed by atoms with Crippen LogP contribution in [0.2, 0.25) is 0 Å². The highest BCUT2D eigenvalue weighted by atomic mass is 16.6. The van der Waals surface area contributed by atoms with Gasteiger partial charge in [-0.05, 0) is 25.2 Å². The Balaban J connectivity index is 4.26. The molecule has 1 atom stereocenters. The van der Waals surface area contributed by atoms with Crippen LogP contribution in [0.25, 0.3) is 0 Å². The molecule has 0 aromatic carbocycles. The first-order chi connectivity index (χ1) is 28.4. The summed E-state index contributed by atoms with van der Waals surface area (Å²) in [6.07, 6.45) is 48.0. The van der Waals surface area contributed by atoms with Crippen molar-refractivity contribution < 1.29 is 28.6 Å². The Labute approximate surface area is 361 Å². The summed E-state index contributed by atoms with van der Waals surface area (Å²) in [5.74, 6) is -0.00288. The van der Waals surface area contributed by atoms with Gasteiger partial charge in [0.2, 0.25) is 0 Å². The molecule has 0 spiro atoms. The first-order valence-corrected chi connectivity index (χ1v) is 25.9. The zero-order valence-corrected chi connectivity index (χ0v) is 39.5. The van der Waals surface area contributed by atoms with Crippen LogP contribution in [0.1, 0.15) is 291 Å². The van der Waals surface area contributed by atoms with Crippen LogP contribution in [0.5, 0.6) is 0 Å². The lowest BCUT2D eigenvalue weighted by atomic mass is 10.0. The predicted octanol–water partition coefficient (Wildman–Crippen LogP) is 16.7. The maximum Gasteiger partial charge on any atom is 0.306 e. The van der Waals surface area contributed by atoms with E-state index in [0.717, 1.165) is 63.7 Å². The monoisotopic (exact) mass is 821 g/mol. The Morgan fingerprint density at radius 1 is 0.328 bits per heavy atom. The van der Waals surface area contributed by atoms with Crippen LogP contribution >= 0.6 is 0 Å². The SMILES string of the molecule is CCCCCCCCCCCCCCCCC(=O)OC[C@H](COC(=O)CCCCCCCCCCC)OC(=O)CCCCCCCCCCCCCCCCC(C)C. The third kappa shape index (κ3) is 45.5. The second-order valence-electron chi connectivity index (χ2n) is 18.3. The van der Waals surface area contributed by atoms with Gasteiger partial charge in [0.15, 0.2) is 6.10 Å². The van der Waals surface area contributed by atoms with E-state index in [9.17, 15) is 14.4 Å². The fourth-order valence-electron chi connectivity index (χ4n) is 7.86. The van der Waals surface area contributed by atoms with Crippen molar-refractivity contribution >= 4 is 17.9 Å². The number of carbonyl (C=O) groups excluding carboxylic acids is 3. The molecule has 0 amide bonds. The van der Waals surface area contributed by atoms with Crippen LogP contribution in [0.3, 0.4) is 0 Å². The van der Waals surface area contributed by atoms with Crippen molar-refractivity contribution in [3.63, 3.8) is 0 Å². The number of unbranched alkanes of at least 4 members (excludes halogenated alkanes) is 34. The molecule has 0 fully saturated rings. The molecule has 0 rings (SSSR count). The topological polar surface area (TPSA) is 78.9 Å². The molecule has 0 N–H and O–H groups in total. The Hall–Kier alpha value is -1.59. The summed E-state index contributed by atoms with van der Waals surface area (Å²) in [7, 11) is 0. The van der Waals surface area contributed by atoms with Crippen molar-refractivity contribution in [1.29, 1.82) is 0 Å². The third-order valence-corrected chi connectivity index (χ3v) is 11.8. The van der Waals surface area contributed by atoms with Crippen LogP contribution in [0.4, 0.5) is 0 Å². The van der Waals surface area contributed by atoms with E-state index in [-0.39, 0.29) is 31.1 Å². The van der Waals surface area contributed by atoms with E-state index >= 15 is 0 Å². The Morgan fingerprint density at radius 3 is 0.845 bits per heavy atom. The molecule has 0 aliphatic rings. The number of rotatable bonds is 47. The summed E-state index contributed by atoms with van der Waals surface area (Å²) in [6.45, 7) is 9.02. The van der Waals surface area contributed by atoms with Crippen molar-refractivity contribution in [2.75, 3.05) is 13.2 Å². The van der Waals surface area contributed by atoms with E-state index in [1.165, 1.54) is 186 Å². The quantitative estimate of drug-likeness (QED) is 0.0346. The summed E-state index contributed by atoms with van der Waals surface area (Å²) >= 11 is 0. The van der Waals surface area contributed by atoms with Gasteiger partial charge >= 0.3 is 17.9 Å². The molecule has 0 unspecified atom stereocenters. The molecule has 0 aromatic heterocycles. The van der Waals surface area contributed by atoms with Gasteiger partial charge in [0.05, 0.1) is 0 Å². The first kappa shape index (κ1) is 56.4. The van der Waals surface area contributed by atoms with Gasteiger partial charge in [0.25, 0.3) is 0 Å². The van der Waals surface area contributed by atoms with Crippen molar-refractivity contribution in [2.24, 2.45) is 5.92 Å². The van der Waals surface area contributed by atoms with Crippen LogP contribution in [0.15, 0.2) is 0 Å². The molecule has 0 radical (unpaired) electrons. The lowest BCUT2D eigenvalue weighted by Gasteiger charge is -2.18. The summed E-state index contributed by atoms with van der Waals surface area (Å²) in [5, 5.41) is 0. The van der Waals surface area contributed by atoms with E-state index in [4.69, 9.17) is 14.2 Å². The smallest absolute Gasteiger partial charge is 0.306 e. The first-order valence-electron chi connectivity index (χ1n) is 25.9. The minimum atomic E-state index is -0.760. The highest BCUT2D eigenvalue weighted by Gasteiger charge is 2.19. The second-order valence-corrected chi connectivity index (χ2v) is 18.3. The molecule has 0 heterocycles. The molecule has 0 aliphatic heterocycles. The number of hydrogen-bond donors (Lipinski definition) is 0. The average molecular weight is 821 g/mol. The molecule has 0 bridgehead atoms. The average Bonchev–Trinajstić information content (AvgIpc) is 3.21. The van der Waals surface area contributed by atoms with Crippen molar-refractivity contribution in [3.05, 3.63) is 0 Å². The molecule has 6 heteroatoms. The van der Waals surface area contributed by atoms with Gasteiger partial charge in [0, 0.05) is 19.3 Å². The molecule has 0 aromatic rings. The van der Waals surface area contributed by atoms with Crippen LogP contribution in [0, 0.1) is 5.92 Å². The van der Waals surface area contributed by atoms with E-state index in [0.29, 0.717) is 19.3 Å². The third-order valence-electron chi connectivity index (χ3n) is 11.8. The fraction of sp³-hybridized carbons (Fsp3) is 0.942. The molecule has 58 heavy (non-hydrogen) atoms. The summed E-state index contributed by atoms with van der Waals surface area (Å²) < 4.78 is 16.8. The van der Waals surface area contributed by atoms with Gasteiger partial charge in [0.1, 0.15) is 13.2 Å². The summed E-state index contributed by atoms with van der Waals surface area (Å²) in [4.78, 5) is 37.9. The standard InChI is InChI=1S/C52H100O6/c1-5-7-9-11-13-15-16-17-21-24-28-32-36-40-44-51(54)57-47-49(46-56-50(53)43-39-35-31-26-14-12-10-8-6-2)58-52(55)45-41-37-33-29-25-22-19-18-20-23-27-30-34-38-42-48(3)4/h48-49H,5-47H2,1-4H3/t49-/m0/s1.